The van der Waals surface area contributed by atoms with Gasteiger partial charge >= 0.3 is 0 Å². The molecular formula is C30H26N4O. The van der Waals surface area contributed by atoms with Gasteiger partial charge in [-0.25, -0.2) is 4.98 Å². The van der Waals surface area contributed by atoms with Crippen LogP contribution >= 0.6 is 0 Å². The molecule has 0 saturated carbocycles. The van der Waals surface area contributed by atoms with Crippen molar-refractivity contribution in [2.45, 2.75) is 37.6 Å². The lowest BCUT2D eigenvalue weighted by Crippen LogP contribution is -2.48. The third-order valence-corrected chi connectivity index (χ3v) is 7.93. The van der Waals surface area contributed by atoms with Gasteiger partial charge in [-0.1, -0.05) is 61.6 Å². The normalized spacial score (nSPS) is 27.0. The summed E-state index contributed by atoms with van der Waals surface area (Å²) in [6.07, 6.45) is 16.7. The zero-order valence-corrected chi connectivity index (χ0v) is 19.6. The van der Waals surface area contributed by atoms with Crippen LogP contribution in [0, 0.1) is 23.2 Å². The van der Waals surface area contributed by atoms with Crippen LogP contribution < -0.4 is 0 Å². The maximum Gasteiger partial charge on any atom is 0.176 e. The topological polar surface area (TPSA) is 71.6 Å². The summed E-state index contributed by atoms with van der Waals surface area (Å²) in [5.41, 5.74) is 3.88. The Morgan fingerprint density at radius 3 is 2.63 bits per heavy atom. The van der Waals surface area contributed by atoms with E-state index in [2.05, 4.69) is 52.1 Å². The molecule has 0 bridgehead atoms. The Balaban J connectivity index is 1.69. The van der Waals surface area contributed by atoms with E-state index < -0.39 is 5.41 Å². The van der Waals surface area contributed by atoms with Gasteiger partial charge < -0.3 is 4.57 Å². The predicted octanol–water partition coefficient (Wildman–Crippen LogP) is 5.52. The van der Waals surface area contributed by atoms with Gasteiger partial charge in [-0.15, -0.1) is 0 Å². The molecule has 3 aliphatic rings. The van der Waals surface area contributed by atoms with Crippen molar-refractivity contribution in [3.8, 4) is 17.5 Å². The third kappa shape index (κ3) is 3.17. The summed E-state index contributed by atoms with van der Waals surface area (Å²) in [6, 6.07) is 16.7. The molecule has 6 rings (SSSR count). The zero-order chi connectivity index (χ0) is 24.0. The van der Waals surface area contributed by atoms with Crippen molar-refractivity contribution in [2.75, 3.05) is 0 Å². The number of aromatic nitrogens is 3. The number of rotatable bonds is 3. The summed E-state index contributed by atoms with van der Waals surface area (Å²) < 4.78 is 2.38. The number of fused-ring (bicyclic) bond motifs is 3. The van der Waals surface area contributed by atoms with E-state index in [1.54, 1.807) is 12.4 Å². The molecule has 35 heavy (non-hydrogen) atoms. The lowest BCUT2D eigenvalue weighted by molar-refractivity contribution is -0.121. The minimum Gasteiger partial charge on any atom is -0.321 e. The Morgan fingerprint density at radius 1 is 1.11 bits per heavy atom. The summed E-state index contributed by atoms with van der Waals surface area (Å²) in [5, 5.41) is 9.93. The van der Waals surface area contributed by atoms with Crippen LogP contribution in [0.1, 0.15) is 42.8 Å². The number of pyridine rings is 1. The van der Waals surface area contributed by atoms with E-state index in [0.717, 1.165) is 41.9 Å². The van der Waals surface area contributed by atoms with Crippen molar-refractivity contribution >= 4 is 5.78 Å². The van der Waals surface area contributed by atoms with E-state index in [1.807, 2.05) is 43.3 Å². The number of nitrogens with zero attached hydrogens (tertiary/aromatic N) is 4. The van der Waals surface area contributed by atoms with Crippen molar-refractivity contribution in [3.63, 3.8) is 0 Å². The van der Waals surface area contributed by atoms with E-state index >= 15 is 0 Å². The van der Waals surface area contributed by atoms with Crippen molar-refractivity contribution in [1.29, 1.82) is 5.26 Å². The van der Waals surface area contributed by atoms with Crippen molar-refractivity contribution in [2.24, 2.45) is 11.8 Å². The molecule has 0 fully saturated rings. The van der Waals surface area contributed by atoms with E-state index in [0.29, 0.717) is 0 Å². The highest BCUT2D eigenvalue weighted by Gasteiger charge is 2.54. The van der Waals surface area contributed by atoms with Gasteiger partial charge in [-0.2, -0.15) is 5.26 Å². The predicted molar refractivity (Wildman–Crippen MR) is 134 cm³/mol. The van der Waals surface area contributed by atoms with Gasteiger partial charge in [0.25, 0.3) is 0 Å². The molecule has 0 radical (unpaired) electrons. The molecule has 1 aromatic carbocycles. The molecular weight excluding hydrogens is 432 g/mol. The first-order valence-electron chi connectivity index (χ1n) is 12.2. The number of carbonyl (C=O) groups is 1. The Morgan fingerprint density at radius 2 is 1.91 bits per heavy atom. The SMILES string of the molecule is C[C@@H]1C(=O)C(C#N)=C[C@]2(c3ccccc3)c3nc(-c4ccncc4)n(C4C=CC=CC4)c3CC[C@@H]12. The molecule has 0 amide bonds. The Kier molecular flexibility index (Phi) is 5.11. The molecule has 0 saturated heterocycles. The fourth-order valence-electron chi connectivity index (χ4n) is 6.33. The Hall–Kier alpha value is -4.04. The van der Waals surface area contributed by atoms with Crippen LogP contribution in [-0.2, 0) is 16.6 Å². The minimum atomic E-state index is -0.630. The van der Waals surface area contributed by atoms with Crippen LogP contribution in [0.3, 0.4) is 0 Å². The first-order valence-corrected chi connectivity index (χ1v) is 12.2. The molecule has 2 heterocycles. The molecule has 2 aromatic heterocycles. The van der Waals surface area contributed by atoms with Gasteiger partial charge in [0.1, 0.15) is 11.9 Å². The maximum absolute atomic E-state index is 13.1. The van der Waals surface area contributed by atoms with E-state index in [4.69, 9.17) is 4.98 Å². The average Bonchev–Trinajstić information content (AvgIpc) is 3.32. The van der Waals surface area contributed by atoms with E-state index in [1.165, 1.54) is 5.69 Å². The van der Waals surface area contributed by atoms with Gasteiger partial charge in [-0.3, -0.25) is 9.78 Å². The van der Waals surface area contributed by atoms with Gasteiger partial charge in [0.2, 0.25) is 0 Å². The van der Waals surface area contributed by atoms with Crippen molar-refractivity contribution < 1.29 is 4.79 Å². The molecule has 1 unspecified atom stereocenters. The summed E-state index contributed by atoms with van der Waals surface area (Å²) in [7, 11) is 0. The third-order valence-electron chi connectivity index (χ3n) is 7.93. The number of allylic oxidation sites excluding steroid dienone is 6. The van der Waals surface area contributed by atoms with Crippen molar-refractivity contribution in [3.05, 3.63) is 108 Å². The van der Waals surface area contributed by atoms with Gasteiger partial charge in [-0.05, 0) is 49.0 Å². The van der Waals surface area contributed by atoms with Crippen LogP contribution in [0.2, 0.25) is 0 Å². The highest BCUT2D eigenvalue weighted by atomic mass is 16.1. The zero-order valence-electron chi connectivity index (χ0n) is 19.6. The number of benzene rings is 1. The summed E-state index contributed by atoms with van der Waals surface area (Å²) >= 11 is 0. The molecule has 172 valence electrons. The number of hydrogen-bond donors (Lipinski definition) is 0. The van der Waals surface area contributed by atoms with E-state index in [-0.39, 0.29) is 29.2 Å². The lowest BCUT2D eigenvalue weighted by atomic mass is 9.55. The van der Waals surface area contributed by atoms with Crippen LogP contribution in [0.15, 0.2) is 90.8 Å². The lowest BCUT2D eigenvalue weighted by Gasteiger charge is -2.47. The molecule has 4 atom stereocenters. The highest BCUT2D eigenvalue weighted by Crippen LogP contribution is 2.54. The highest BCUT2D eigenvalue weighted by molar-refractivity contribution is 6.02. The van der Waals surface area contributed by atoms with Gasteiger partial charge in [0.15, 0.2) is 5.78 Å². The average molecular weight is 459 g/mol. The van der Waals surface area contributed by atoms with Crippen LogP contribution in [-0.4, -0.2) is 20.3 Å². The molecule has 0 spiro atoms. The Bertz CT molecular complexity index is 1420. The van der Waals surface area contributed by atoms with Crippen LogP contribution in [0.25, 0.3) is 11.4 Å². The molecule has 5 heteroatoms. The number of hydrogen-bond acceptors (Lipinski definition) is 4. The number of ketones is 1. The second kappa shape index (κ2) is 8.32. The molecule has 0 aliphatic heterocycles. The van der Waals surface area contributed by atoms with Crippen LogP contribution in [0.4, 0.5) is 0 Å². The first-order chi connectivity index (χ1) is 17.1. The Labute approximate surface area is 205 Å². The minimum absolute atomic E-state index is 0.0393. The largest absolute Gasteiger partial charge is 0.321 e. The fourth-order valence-corrected chi connectivity index (χ4v) is 6.33. The number of nitriles is 1. The maximum atomic E-state index is 13.1. The smallest absolute Gasteiger partial charge is 0.176 e. The van der Waals surface area contributed by atoms with Crippen molar-refractivity contribution in [1.82, 2.24) is 14.5 Å². The van der Waals surface area contributed by atoms with Gasteiger partial charge in [0.05, 0.1) is 22.7 Å². The van der Waals surface area contributed by atoms with Crippen LogP contribution in [0.5, 0.6) is 0 Å². The second-order valence-corrected chi connectivity index (χ2v) is 9.66. The first kappa shape index (κ1) is 21.5. The standard InChI is InChI=1S/C30H26N4O/c1-20-25-12-13-26-28(30(25,18-22(19-31)27(20)35)23-8-4-2-5-9-23)33-29(21-14-16-32-17-15-21)34(26)24-10-6-3-7-11-24/h2-10,14-18,20,24-25H,11-13H2,1H3/t20-,24?,25-,30+/m0/s1. The monoisotopic (exact) mass is 458 g/mol. The molecule has 5 nitrogen and oxygen atoms in total. The number of carbonyl (C=O) groups excluding carboxylic acids is 1. The second-order valence-electron chi connectivity index (χ2n) is 9.66. The molecule has 0 N–H and O–H groups in total. The number of Topliss-reactive ketones (excluding diaryl/α,β-unsaturated/α-hetero) is 1. The van der Waals surface area contributed by atoms with E-state index in [9.17, 15) is 10.1 Å². The quantitative estimate of drug-likeness (QED) is 0.518. The summed E-state index contributed by atoms with van der Waals surface area (Å²) in [4.78, 5) is 22.7. The molecule has 3 aromatic rings. The molecule has 3 aliphatic carbocycles. The fraction of sp³-hybridized carbons (Fsp3) is 0.267. The summed E-state index contributed by atoms with van der Waals surface area (Å²) in [6.45, 7) is 1.98. The number of imidazole rings is 1. The van der Waals surface area contributed by atoms with Gasteiger partial charge in [0, 0.05) is 29.6 Å². The summed E-state index contributed by atoms with van der Waals surface area (Å²) in [5.74, 6) is 0.642.